The molecule has 0 saturated heterocycles. The fourth-order valence-electron chi connectivity index (χ4n) is 1.91. The van der Waals surface area contributed by atoms with Gasteiger partial charge in [0.15, 0.2) is 5.78 Å². The van der Waals surface area contributed by atoms with Crippen LogP contribution >= 0.6 is 15.9 Å². The van der Waals surface area contributed by atoms with Gasteiger partial charge < -0.3 is 5.32 Å². The molecule has 0 aromatic heterocycles. The van der Waals surface area contributed by atoms with E-state index in [1.54, 1.807) is 0 Å². The first-order chi connectivity index (χ1) is 9.20. The van der Waals surface area contributed by atoms with E-state index in [1.165, 1.54) is 0 Å². The van der Waals surface area contributed by atoms with Crippen LogP contribution in [0.3, 0.4) is 0 Å². The quantitative estimate of drug-likeness (QED) is 0.874. The van der Waals surface area contributed by atoms with Crippen LogP contribution in [0.25, 0.3) is 0 Å². The number of Topliss-reactive ketones (excluding diaryl/α,β-unsaturated/α-hetero) is 1. The van der Waals surface area contributed by atoms with Gasteiger partial charge in [0, 0.05) is 16.6 Å². The molecule has 1 unspecified atom stereocenters. The molecule has 2 aromatic rings. The summed E-state index contributed by atoms with van der Waals surface area (Å²) in [6, 6.07) is 17.4. The third kappa shape index (κ3) is 3.67. The van der Waals surface area contributed by atoms with Crippen molar-refractivity contribution in [3.63, 3.8) is 0 Å². The van der Waals surface area contributed by atoms with Crippen molar-refractivity contribution in [1.82, 2.24) is 0 Å². The van der Waals surface area contributed by atoms with E-state index in [-0.39, 0.29) is 11.8 Å². The number of nitrogens with one attached hydrogen (secondary N) is 1. The Hall–Kier alpha value is -1.61. The number of hydrogen-bond acceptors (Lipinski definition) is 2. The molecule has 0 fully saturated rings. The Bertz CT molecular complexity index is 536. The largest absolute Gasteiger partial charge is 0.372 e. The van der Waals surface area contributed by atoms with Gasteiger partial charge in [-0.2, -0.15) is 0 Å². The lowest BCUT2D eigenvalue weighted by Gasteiger charge is -2.18. The summed E-state index contributed by atoms with van der Waals surface area (Å²) < 4.78 is 1.02. The van der Waals surface area contributed by atoms with E-state index in [0.717, 1.165) is 15.7 Å². The summed E-state index contributed by atoms with van der Waals surface area (Å²) in [6.07, 6.45) is 0.517. The van der Waals surface area contributed by atoms with Crippen LogP contribution in [0.15, 0.2) is 59.1 Å². The van der Waals surface area contributed by atoms with Crippen LogP contribution < -0.4 is 5.32 Å². The Balaban J connectivity index is 2.24. The fourth-order valence-corrected chi connectivity index (χ4v) is 2.18. The minimum Gasteiger partial charge on any atom is -0.372 e. The van der Waals surface area contributed by atoms with Crippen LogP contribution in [-0.2, 0) is 4.79 Å². The Kier molecular flexibility index (Phi) is 4.74. The molecule has 0 bridgehead atoms. The molecule has 1 N–H and O–H groups in total. The number of carbonyl (C=O) groups is 1. The molecule has 0 aliphatic rings. The number of carbonyl (C=O) groups excluding carboxylic acids is 1. The van der Waals surface area contributed by atoms with Crippen molar-refractivity contribution in [3.05, 3.63) is 64.6 Å². The van der Waals surface area contributed by atoms with E-state index in [0.29, 0.717) is 6.42 Å². The molecule has 0 heterocycles. The second-order valence-corrected chi connectivity index (χ2v) is 5.23. The summed E-state index contributed by atoms with van der Waals surface area (Å²) in [5.41, 5.74) is 1.94. The molecule has 0 radical (unpaired) electrons. The van der Waals surface area contributed by atoms with Gasteiger partial charge in [0.05, 0.1) is 0 Å². The lowest BCUT2D eigenvalue weighted by molar-refractivity contribution is -0.119. The molecule has 2 aromatic carbocycles. The topological polar surface area (TPSA) is 29.1 Å². The van der Waals surface area contributed by atoms with E-state index >= 15 is 0 Å². The first kappa shape index (κ1) is 13.8. The van der Waals surface area contributed by atoms with Crippen molar-refractivity contribution in [2.75, 3.05) is 5.32 Å². The third-order valence-electron chi connectivity index (χ3n) is 2.96. The molecule has 19 heavy (non-hydrogen) atoms. The molecule has 0 aliphatic carbocycles. The molecule has 3 heteroatoms. The van der Waals surface area contributed by atoms with Gasteiger partial charge in [-0.3, -0.25) is 4.79 Å². The van der Waals surface area contributed by atoms with Gasteiger partial charge in [0.1, 0.15) is 6.04 Å². The van der Waals surface area contributed by atoms with Crippen LogP contribution in [0.2, 0.25) is 0 Å². The van der Waals surface area contributed by atoms with Crippen molar-refractivity contribution in [2.24, 2.45) is 0 Å². The second kappa shape index (κ2) is 6.53. The molecular weight excluding hydrogens is 302 g/mol. The summed E-state index contributed by atoms with van der Waals surface area (Å²) in [5.74, 6) is 0.189. The van der Waals surface area contributed by atoms with Crippen molar-refractivity contribution in [3.8, 4) is 0 Å². The average Bonchev–Trinajstić information content (AvgIpc) is 2.47. The lowest BCUT2D eigenvalue weighted by Crippen LogP contribution is -2.20. The van der Waals surface area contributed by atoms with Crippen molar-refractivity contribution in [2.45, 2.75) is 19.4 Å². The summed E-state index contributed by atoms with van der Waals surface area (Å²) in [5, 5.41) is 3.30. The minimum atomic E-state index is -0.285. The predicted octanol–water partition coefficient (Wildman–Crippen LogP) is 4.58. The maximum atomic E-state index is 12.1. The highest BCUT2D eigenvalue weighted by Gasteiger charge is 2.18. The van der Waals surface area contributed by atoms with Crippen molar-refractivity contribution in [1.29, 1.82) is 0 Å². The maximum Gasteiger partial charge on any atom is 0.159 e. The first-order valence-corrected chi connectivity index (χ1v) is 7.09. The van der Waals surface area contributed by atoms with E-state index in [4.69, 9.17) is 0 Å². The SMILES string of the molecule is CCC(=O)C(Nc1ccc(Br)cc1)c1ccccc1. The molecule has 0 saturated carbocycles. The van der Waals surface area contributed by atoms with Gasteiger partial charge >= 0.3 is 0 Å². The number of anilines is 1. The number of rotatable bonds is 5. The van der Waals surface area contributed by atoms with Crippen molar-refractivity contribution < 1.29 is 4.79 Å². The summed E-state index contributed by atoms with van der Waals surface area (Å²) in [7, 11) is 0. The van der Waals surface area contributed by atoms with Crippen LogP contribution in [0.1, 0.15) is 24.9 Å². The Morgan fingerprint density at radius 1 is 1.11 bits per heavy atom. The van der Waals surface area contributed by atoms with E-state index in [9.17, 15) is 4.79 Å². The zero-order valence-corrected chi connectivity index (χ0v) is 12.4. The second-order valence-electron chi connectivity index (χ2n) is 4.31. The molecule has 98 valence electrons. The van der Waals surface area contributed by atoms with Gasteiger partial charge in [0.2, 0.25) is 0 Å². The minimum absolute atomic E-state index is 0.189. The molecule has 2 rings (SSSR count). The highest BCUT2D eigenvalue weighted by Crippen LogP contribution is 2.23. The Morgan fingerprint density at radius 3 is 2.32 bits per heavy atom. The number of hydrogen-bond donors (Lipinski definition) is 1. The highest BCUT2D eigenvalue weighted by atomic mass is 79.9. The lowest BCUT2D eigenvalue weighted by atomic mass is 10.0. The molecule has 2 nitrogen and oxygen atoms in total. The monoisotopic (exact) mass is 317 g/mol. The zero-order valence-electron chi connectivity index (χ0n) is 10.8. The molecular formula is C16H16BrNO. The molecule has 0 aliphatic heterocycles. The summed E-state index contributed by atoms with van der Waals surface area (Å²) in [6.45, 7) is 1.89. The normalized spacial score (nSPS) is 11.9. The summed E-state index contributed by atoms with van der Waals surface area (Å²) in [4.78, 5) is 12.1. The Morgan fingerprint density at radius 2 is 1.74 bits per heavy atom. The number of halogens is 1. The summed E-state index contributed by atoms with van der Waals surface area (Å²) >= 11 is 3.40. The van der Waals surface area contributed by atoms with E-state index in [2.05, 4.69) is 21.2 Å². The highest BCUT2D eigenvalue weighted by molar-refractivity contribution is 9.10. The van der Waals surface area contributed by atoms with Crippen LogP contribution in [0.4, 0.5) is 5.69 Å². The molecule has 1 atom stereocenters. The van der Waals surface area contributed by atoms with Gasteiger partial charge in [0.25, 0.3) is 0 Å². The van der Waals surface area contributed by atoms with Crippen LogP contribution in [0.5, 0.6) is 0 Å². The molecule has 0 spiro atoms. The number of benzene rings is 2. The van der Waals surface area contributed by atoms with Gasteiger partial charge in [-0.05, 0) is 29.8 Å². The fraction of sp³-hybridized carbons (Fsp3) is 0.188. The maximum absolute atomic E-state index is 12.1. The third-order valence-corrected chi connectivity index (χ3v) is 3.49. The smallest absolute Gasteiger partial charge is 0.159 e. The van der Waals surface area contributed by atoms with Crippen LogP contribution in [0, 0.1) is 0 Å². The van der Waals surface area contributed by atoms with E-state index < -0.39 is 0 Å². The van der Waals surface area contributed by atoms with Gasteiger partial charge in [-0.25, -0.2) is 0 Å². The predicted molar refractivity (Wildman–Crippen MR) is 82.2 cm³/mol. The zero-order chi connectivity index (χ0) is 13.7. The standard InChI is InChI=1S/C16H16BrNO/c1-2-15(19)16(12-6-4-3-5-7-12)18-14-10-8-13(17)9-11-14/h3-11,16,18H,2H2,1H3. The average molecular weight is 318 g/mol. The van der Waals surface area contributed by atoms with Crippen molar-refractivity contribution >= 4 is 27.4 Å². The molecule has 0 amide bonds. The van der Waals surface area contributed by atoms with Gasteiger partial charge in [-0.1, -0.05) is 53.2 Å². The van der Waals surface area contributed by atoms with E-state index in [1.807, 2.05) is 61.5 Å². The van der Waals surface area contributed by atoms with Gasteiger partial charge in [-0.15, -0.1) is 0 Å². The number of ketones is 1. The van der Waals surface area contributed by atoms with Crippen LogP contribution in [-0.4, -0.2) is 5.78 Å². The first-order valence-electron chi connectivity index (χ1n) is 6.30. The Labute approximate surface area is 122 Å².